The van der Waals surface area contributed by atoms with Crippen LogP contribution in [0.4, 0.5) is 5.69 Å². The fraction of sp³-hybridized carbons (Fsp3) is 0.333. The molecule has 0 spiro atoms. The predicted octanol–water partition coefficient (Wildman–Crippen LogP) is 3.30. The Morgan fingerprint density at radius 1 is 1.17 bits per heavy atom. The summed E-state index contributed by atoms with van der Waals surface area (Å²) in [5.41, 5.74) is -0.106. The Morgan fingerprint density at radius 3 is 2.53 bits per heavy atom. The van der Waals surface area contributed by atoms with Crippen LogP contribution >= 0.6 is 11.6 Å². The molecule has 2 amide bonds. The van der Waals surface area contributed by atoms with Crippen LogP contribution in [0.5, 0.6) is 5.75 Å². The van der Waals surface area contributed by atoms with Crippen LogP contribution in [-0.4, -0.2) is 47.9 Å². The minimum atomic E-state index is -0.618. The fourth-order valence-electron chi connectivity index (χ4n) is 3.27. The summed E-state index contributed by atoms with van der Waals surface area (Å²) >= 11 is 5.78. The summed E-state index contributed by atoms with van der Waals surface area (Å²) in [6.07, 6.45) is 1.52. The summed E-state index contributed by atoms with van der Waals surface area (Å²) < 4.78 is 5.51. The lowest BCUT2D eigenvalue weighted by Crippen LogP contribution is -2.43. The third-order valence-corrected chi connectivity index (χ3v) is 5.35. The van der Waals surface area contributed by atoms with Crippen LogP contribution < -0.4 is 10.1 Å². The van der Waals surface area contributed by atoms with Crippen molar-refractivity contribution in [1.82, 2.24) is 10.2 Å². The predicted molar refractivity (Wildman–Crippen MR) is 112 cm³/mol. The molecule has 0 bridgehead atoms. The highest BCUT2D eigenvalue weighted by molar-refractivity contribution is 6.32. The zero-order valence-electron chi connectivity index (χ0n) is 16.3. The minimum absolute atomic E-state index is 0.000756. The number of amides is 2. The van der Waals surface area contributed by atoms with Crippen LogP contribution in [0.15, 0.2) is 48.5 Å². The van der Waals surface area contributed by atoms with Crippen LogP contribution in [0, 0.1) is 16.0 Å². The van der Waals surface area contributed by atoms with Gasteiger partial charge in [0.2, 0.25) is 0 Å². The lowest BCUT2D eigenvalue weighted by atomic mass is 9.96. The molecular formula is C21H22ClN3O5. The van der Waals surface area contributed by atoms with Gasteiger partial charge in [-0.3, -0.25) is 19.7 Å². The number of ether oxygens (including phenoxy) is 1. The first-order valence-corrected chi connectivity index (χ1v) is 9.99. The molecule has 1 heterocycles. The number of nitro groups is 1. The molecule has 0 unspecified atom stereocenters. The zero-order valence-corrected chi connectivity index (χ0v) is 17.0. The number of carbonyl (C=O) groups excluding carboxylic acids is 2. The maximum atomic E-state index is 12.3. The Kier molecular flexibility index (Phi) is 7.24. The van der Waals surface area contributed by atoms with E-state index in [-0.39, 0.29) is 40.6 Å². The number of likely N-dealkylation sites (tertiary alicyclic amines) is 1. The molecule has 1 saturated heterocycles. The van der Waals surface area contributed by atoms with Crippen LogP contribution in [0.1, 0.15) is 23.2 Å². The van der Waals surface area contributed by atoms with E-state index in [9.17, 15) is 19.7 Å². The first-order chi connectivity index (χ1) is 14.4. The second-order valence-corrected chi connectivity index (χ2v) is 7.47. The molecule has 1 aliphatic rings. The van der Waals surface area contributed by atoms with E-state index in [1.54, 1.807) is 17.0 Å². The van der Waals surface area contributed by atoms with Crippen molar-refractivity contribution in [2.75, 3.05) is 26.2 Å². The van der Waals surface area contributed by atoms with Crippen molar-refractivity contribution in [3.63, 3.8) is 0 Å². The Hall–Kier alpha value is -3.13. The van der Waals surface area contributed by atoms with Gasteiger partial charge in [-0.2, -0.15) is 0 Å². The topological polar surface area (TPSA) is 102 Å². The highest BCUT2D eigenvalue weighted by Gasteiger charge is 2.24. The Morgan fingerprint density at radius 2 is 1.87 bits per heavy atom. The highest BCUT2D eigenvalue weighted by Crippen LogP contribution is 2.25. The number of nitro benzene ring substituents is 1. The number of nitrogens with zero attached hydrogens (tertiary/aromatic N) is 2. The molecule has 2 aromatic carbocycles. The summed E-state index contributed by atoms with van der Waals surface area (Å²) in [4.78, 5) is 36.7. The molecular weight excluding hydrogens is 410 g/mol. The maximum Gasteiger partial charge on any atom is 0.288 e. The summed E-state index contributed by atoms with van der Waals surface area (Å²) in [5, 5.41) is 13.8. The standard InChI is InChI=1S/C21H22ClN3O5/c22-18-7-6-16(12-19(18)25(28)29)21(27)23-13-15-8-10-24(11-9-15)20(26)14-30-17-4-2-1-3-5-17/h1-7,12,15H,8-11,13-14H2,(H,23,27). The van der Waals surface area contributed by atoms with Gasteiger partial charge >= 0.3 is 0 Å². The van der Waals surface area contributed by atoms with Gasteiger partial charge in [0.15, 0.2) is 6.61 Å². The molecule has 158 valence electrons. The Balaban J connectivity index is 1.42. The molecule has 0 radical (unpaired) electrons. The minimum Gasteiger partial charge on any atom is -0.484 e. The van der Waals surface area contributed by atoms with E-state index in [0.717, 1.165) is 12.8 Å². The van der Waals surface area contributed by atoms with Crippen molar-refractivity contribution in [1.29, 1.82) is 0 Å². The van der Waals surface area contributed by atoms with Gasteiger partial charge in [-0.15, -0.1) is 0 Å². The van der Waals surface area contributed by atoms with E-state index in [0.29, 0.717) is 25.4 Å². The first-order valence-electron chi connectivity index (χ1n) is 9.62. The normalized spacial score (nSPS) is 14.2. The van der Waals surface area contributed by atoms with Crippen molar-refractivity contribution in [3.05, 3.63) is 69.2 Å². The monoisotopic (exact) mass is 431 g/mol. The number of hydrogen-bond acceptors (Lipinski definition) is 5. The molecule has 1 N–H and O–H groups in total. The van der Waals surface area contributed by atoms with Crippen LogP contribution in [0.2, 0.25) is 5.02 Å². The van der Waals surface area contributed by atoms with E-state index in [4.69, 9.17) is 16.3 Å². The maximum absolute atomic E-state index is 12.3. The van der Waals surface area contributed by atoms with Crippen LogP contribution in [-0.2, 0) is 4.79 Å². The number of para-hydroxylation sites is 1. The highest BCUT2D eigenvalue weighted by atomic mass is 35.5. The molecule has 1 fully saturated rings. The zero-order chi connectivity index (χ0) is 21.5. The number of halogens is 1. The van der Waals surface area contributed by atoms with Crippen molar-refractivity contribution in [3.8, 4) is 5.75 Å². The largest absolute Gasteiger partial charge is 0.484 e. The summed E-state index contributed by atoms with van der Waals surface area (Å²) in [6, 6.07) is 13.2. The molecule has 0 atom stereocenters. The third kappa shape index (κ3) is 5.70. The lowest BCUT2D eigenvalue weighted by Gasteiger charge is -2.32. The Labute approximate surface area is 178 Å². The van der Waals surface area contributed by atoms with E-state index >= 15 is 0 Å². The summed E-state index contributed by atoms with van der Waals surface area (Å²) in [5.74, 6) is 0.445. The van der Waals surface area contributed by atoms with E-state index in [1.807, 2.05) is 18.2 Å². The molecule has 30 heavy (non-hydrogen) atoms. The second kappa shape index (κ2) is 10.1. The molecule has 0 aliphatic carbocycles. The lowest BCUT2D eigenvalue weighted by molar-refractivity contribution is -0.384. The third-order valence-electron chi connectivity index (χ3n) is 5.03. The van der Waals surface area contributed by atoms with Gasteiger partial charge in [-0.1, -0.05) is 29.8 Å². The Bertz CT molecular complexity index is 914. The number of piperidine rings is 1. The summed E-state index contributed by atoms with van der Waals surface area (Å²) in [6.45, 7) is 1.65. The first kappa shape index (κ1) is 21.6. The van der Waals surface area contributed by atoms with E-state index < -0.39 is 4.92 Å². The molecule has 0 aromatic heterocycles. The number of rotatable bonds is 7. The second-order valence-electron chi connectivity index (χ2n) is 7.06. The average Bonchev–Trinajstić information content (AvgIpc) is 2.77. The van der Waals surface area contributed by atoms with Gasteiger partial charge in [-0.05, 0) is 43.0 Å². The van der Waals surface area contributed by atoms with Crippen molar-refractivity contribution >= 4 is 29.1 Å². The number of benzene rings is 2. The average molecular weight is 432 g/mol. The van der Waals surface area contributed by atoms with E-state index in [1.165, 1.54) is 18.2 Å². The van der Waals surface area contributed by atoms with Crippen LogP contribution in [0.25, 0.3) is 0 Å². The smallest absolute Gasteiger partial charge is 0.288 e. The van der Waals surface area contributed by atoms with Gasteiger partial charge in [0.05, 0.1) is 4.92 Å². The van der Waals surface area contributed by atoms with Gasteiger partial charge in [0, 0.05) is 31.3 Å². The number of nitrogens with one attached hydrogen (secondary N) is 1. The SMILES string of the molecule is O=C(NCC1CCN(C(=O)COc2ccccc2)CC1)c1ccc(Cl)c([N+](=O)[O-])c1. The van der Waals surface area contributed by atoms with Gasteiger partial charge in [-0.25, -0.2) is 0 Å². The van der Waals surface area contributed by atoms with E-state index in [2.05, 4.69) is 5.32 Å². The fourth-order valence-corrected chi connectivity index (χ4v) is 3.46. The molecule has 8 nitrogen and oxygen atoms in total. The van der Waals surface area contributed by atoms with Gasteiger partial charge in [0.1, 0.15) is 10.8 Å². The molecule has 0 saturated carbocycles. The molecule has 9 heteroatoms. The van der Waals surface area contributed by atoms with Gasteiger partial charge < -0.3 is 15.0 Å². The quantitative estimate of drug-likeness (QED) is 0.535. The van der Waals surface area contributed by atoms with Crippen LogP contribution in [0.3, 0.4) is 0 Å². The number of carbonyl (C=O) groups is 2. The van der Waals surface area contributed by atoms with Gasteiger partial charge in [0.25, 0.3) is 17.5 Å². The number of hydrogen-bond donors (Lipinski definition) is 1. The molecule has 3 rings (SSSR count). The molecule has 2 aromatic rings. The molecule has 1 aliphatic heterocycles. The van der Waals surface area contributed by atoms with Crippen molar-refractivity contribution < 1.29 is 19.2 Å². The summed E-state index contributed by atoms with van der Waals surface area (Å²) in [7, 11) is 0. The van der Waals surface area contributed by atoms with Crippen molar-refractivity contribution in [2.45, 2.75) is 12.8 Å². The van der Waals surface area contributed by atoms with Crippen molar-refractivity contribution in [2.24, 2.45) is 5.92 Å².